The smallest absolute Gasteiger partial charge is 0.316 e. The molecule has 0 bridgehead atoms. The molecule has 1 fully saturated rings. The van der Waals surface area contributed by atoms with E-state index in [-0.39, 0.29) is 11.9 Å². The van der Waals surface area contributed by atoms with Gasteiger partial charge in [-0.2, -0.15) is 0 Å². The summed E-state index contributed by atoms with van der Waals surface area (Å²) in [6.07, 6.45) is 5.11. The molecule has 29 heavy (non-hydrogen) atoms. The molecule has 0 unspecified atom stereocenters. The largest absolute Gasteiger partial charge is 0.467 e. The summed E-state index contributed by atoms with van der Waals surface area (Å²) in [6.45, 7) is 3.90. The number of aromatic nitrogens is 3. The zero-order chi connectivity index (χ0) is 20.2. The quantitative estimate of drug-likeness (QED) is 0.615. The molecule has 150 valence electrons. The Labute approximate surface area is 169 Å². The van der Waals surface area contributed by atoms with Crippen LogP contribution in [0.1, 0.15) is 19.8 Å². The maximum atomic E-state index is 11.9. The summed E-state index contributed by atoms with van der Waals surface area (Å²) >= 11 is 0. The van der Waals surface area contributed by atoms with E-state index < -0.39 is 0 Å². The second-order valence-electron chi connectivity index (χ2n) is 7.05. The van der Waals surface area contributed by atoms with Gasteiger partial charge in [-0.25, -0.2) is 15.0 Å². The zero-order valence-corrected chi connectivity index (χ0v) is 16.7. The Hall–Kier alpha value is -3.22. The minimum absolute atomic E-state index is 0.000861. The fourth-order valence-electron chi connectivity index (χ4n) is 3.65. The SMILES string of the molecule is CCOC(=O)C1CCN(c2ccc3cc(-c4cnc(OC)nc4)ccc3n2)CC1. The van der Waals surface area contributed by atoms with Crippen molar-refractivity contribution in [3.05, 3.63) is 42.7 Å². The Bertz CT molecular complexity index is 999. The minimum atomic E-state index is -0.0753. The van der Waals surface area contributed by atoms with Gasteiger partial charge in [0.15, 0.2) is 0 Å². The summed E-state index contributed by atoms with van der Waals surface area (Å²) in [7, 11) is 1.55. The van der Waals surface area contributed by atoms with Gasteiger partial charge in [-0.15, -0.1) is 0 Å². The number of benzene rings is 1. The first-order valence-electron chi connectivity index (χ1n) is 9.86. The Morgan fingerprint density at radius 2 is 1.86 bits per heavy atom. The van der Waals surface area contributed by atoms with Gasteiger partial charge in [-0.1, -0.05) is 6.07 Å². The molecule has 3 aromatic rings. The third-order valence-electron chi connectivity index (χ3n) is 5.26. The summed E-state index contributed by atoms with van der Waals surface area (Å²) in [4.78, 5) is 27.3. The lowest BCUT2D eigenvalue weighted by molar-refractivity contribution is -0.148. The molecule has 0 aliphatic carbocycles. The molecule has 1 saturated heterocycles. The summed E-state index contributed by atoms with van der Waals surface area (Å²) in [5, 5.41) is 1.06. The topological polar surface area (TPSA) is 77.4 Å². The first-order valence-corrected chi connectivity index (χ1v) is 9.86. The number of methoxy groups -OCH3 is 1. The molecule has 1 aromatic carbocycles. The Morgan fingerprint density at radius 3 is 2.55 bits per heavy atom. The average Bonchev–Trinajstić information content (AvgIpc) is 2.78. The van der Waals surface area contributed by atoms with Crippen LogP contribution in [0.5, 0.6) is 6.01 Å². The predicted octanol–water partition coefficient (Wildman–Crippen LogP) is 3.48. The number of hydrogen-bond acceptors (Lipinski definition) is 7. The molecule has 7 nitrogen and oxygen atoms in total. The van der Waals surface area contributed by atoms with Gasteiger partial charge in [-0.05, 0) is 49.6 Å². The number of carbonyl (C=O) groups is 1. The summed E-state index contributed by atoms with van der Waals surface area (Å²) in [5.74, 6) is 0.870. The van der Waals surface area contributed by atoms with E-state index in [1.165, 1.54) is 0 Å². The van der Waals surface area contributed by atoms with Crippen molar-refractivity contribution in [3.8, 4) is 17.1 Å². The highest BCUT2D eigenvalue weighted by Gasteiger charge is 2.26. The lowest BCUT2D eigenvalue weighted by atomic mass is 9.97. The van der Waals surface area contributed by atoms with E-state index in [9.17, 15) is 4.79 Å². The molecule has 0 saturated carbocycles. The van der Waals surface area contributed by atoms with Crippen LogP contribution in [0.15, 0.2) is 42.7 Å². The van der Waals surface area contributed by atoms with Crippen LogP contribution >= 0.6 is 0 Å². The zero-order valence-electron chi connectivity index (χ0n) is 16.7. The lowest BCUT2D eigenvalue weighted by Gasteiger charge is -2.31. The number of carbonyl (C=O) groups excluding carboxylic acids is 1. The number of pyridine rings is 1. The van der Waals surface area contributed by atoms with Gasteiger partial charge in [-0.3, -0.25) is 4.79 Å². The maximum Gasteiger partial charge on any atom is 0.316 e. The Morgan fingerprint density at radius 1 is 1.10 bits per heavy atom. The first-order chi connectivity index (χ1) is 14.2. The average molecular weight is 392 g/mol. The van der Waals surface area contributed by atoms with Gasteiger partial charge < -0.3 is 14.4 Å². The highest BCUT2D eigenvalue weighted by atomic mass is 16.5. The number of esters is 1. The van der Waals surface area contributed by atoms with Crippen molar-refractivity contribution in [2.75, 3.05) is 31.7 Å². The van der Waals surface area contributed by atoms with Crippen molar-refractivity contribution >= 4 is 22.7 Å². The molecular weight excluding hydrogens is 368 g/mol. The van der Waals surface area contributed by atoms with Gasteiger partial charge in [0.05, 0.1) is 25.2 Å². The summed E-state index contributed by atoms with van der Waals surface area (Å²) in [5.41, 5.74) is 2.90. The number of nitrogens with zero attached hydrogens (tertiary/aromatic N) is 4. The number of fused-ring (bicyclic) bond motifs is 1. The van der Waals surface area contributed by atoms with E-state index in [0.29, 0.717) is 12.6 Å². The van der Waals surface area contributed by atoms with Crippen LogP contribution in [0, 0.1) is 5.92 Å². The van der Waals surface area contributed by atoms with E-state index in [1.54, 1.807) is 19.5 Å². The molecular formula is C22H24N4O3. The number of rotatable bonds is 5. The third kappa shape index (κ3) is 4.13. The van der Waals surface area contributed by atoms with E-state index in [2.05, 4.69) is 27.0 Å². The minimum Gasteiger partial charge on any atom is -0.467 e. The lowest BCUT2D eigenvalue weighted by Crippen LogP contribution is -2.37. The molecule has 0 amide bonds. The van der Waals surface area contributed by atoms with Crippen LogP contribution in [-0.4, -0.2) is 47.7 Å². The van der Waals surface area contributed by atoms with Crippen LogP contribution in [0.3, 0.4) is 0 Å². The molecule has 1 aliphatic heterocycles. The van der Waals surface area contributed by atoms with E-state index in [1.807, 2.05) is 25.1 Å². The molecule has 0 atom stereocenters. The summed E-state index contributed by atoms with van der Waals surface area (Å²) < 4.78 is 10.2. The fraction of sp³-hybridized carbons (Fsp3) is 0.364. The van der Waals surface area contributed by atoms with E-state index in [0.717, 1.165) is 53.8 Å². The molecule has 0 N–H and O–H groups in total. The van der Waals surface area contributed by atoms with Crippen molar-refractivity contribution in [1.82, 2.24) is 15.0 Å². The number of anilines is 1. The summed E-state index contributed by atoms with van der Waals surface area (Å²) in [6, 6.07) is 10.6. The standard InChI is InChI=1S/C22H24N4O3/c1-3-29-21(27)15-8-10-26(11-9-15)20-7-5-17-12-16(4-6-19(17)25-20)18-13-23-22(28-2)24-14-18/h4-7,12-15H,3,8-11H2,1-2H3. The second-order valence-corrected chi connectivity index (χ2v) is 7.05. The van der Waals surface area contributed by atoms with Gasteiger partial charge >= 0.3 is 12.0 Å². The molecule has 4 rings (SSSR count). The number of hydrogen-bond donors (Lipinski definition) is 0. The highest BCUT2D eigenvalue weighted by molar-refractivity contribution is 5.85. The first kappa shape index (κ1) is 19.1. The second kappa shape index (κ2) is 8.43. The van der Waals surface area contributed by atoms with Crippen molar-refractivity contribution in [2.45, 2.75) is 19.8 Å². The Kier molecular flexibility index (Phi) is 5.55. The monoisotopic (exact) mass is 392 g/mol. The molecule has 2 aromatic heterocycles. The van der Waals surface area contributed by atoms with Crippen LogP contribution in [0.4, 0.5) is 5.82 Å². The van der Waals surface area contributed by atoms with Gasteiger partial charge in [0.25, 0.3) is 0 Å². The van der Waals surface area contributed by atoms with Crippen molar-refractivity contribution < 1.29 is 14.3 Å². The highest BCUT2D eigenvalue weighted by Crippen LogP contribution is 2.27. The number of ether oxygens (including phenoxy) is 2. The van der Waals surface area contributed by atoms with Crippen LogP contribution < -0.4 is 9.64 Å². The fourth-order valence-corrected chi connectivity index (χ4v) is 3.65. The van der Waals surface area contributed by atoms with Gasteiger partial charge in [0.1, 0.15) is 5.82 Å². The van der Waals surface area contributed by atoms with Crippen LogP contribution in [-0.2, 0) is 9.53 Å². The van der Waals surface area contributed by atoms with E-state index in [4.69, 9.17) is 14.5 Å². The van der Waals surface area contributed by atoms with E-state index >= 15 is 0 Å². The van der Waals surface area contributed by atoms with Gasteiger partial charge in [0.2, 0.25) is 0 Å². The normalized spacial score (nSPS) is 14.8. The van der Waals surface area contributed by atoms with Crippen LogP contribution in [0.2, 0.25) is 0 Å². The third-order valence-corrected chi connectivity index (χ3v) is 5.26. The van der Waals surface area contributed by atoms with Crippen molar-refractivity contribution in [3.63, 3.8) is 0 Å². The molecule has 3 heterocycles. The number of piperidine rings is 1. The molecule has 0 spiro atoms. The molecule has 1 aliphatic rings. The molecule has 0 radical (unpaired) electrons. The van der Waals surface area contributed by atoms with Crippen molar-refractivity contribution in [1.29, 1.82) is 0 Å². The maximum absolute atomic E-state index is 11.9. The van der Waals surface area contributed by atoms with Gasteiger partial charge in [0, 0.05) is 36.4 Å². The predicted molar refractivity (Wildman–Crippen MR) is 111 cm³/mol. The van der Waals surface area contributed by atoms with Crippen LogP contribution in [0.25, 0.3) is 22.0 Å². The van der Waals surface area contributed by atoms with Crippen molar-refractivity contribution in [2.24, 2.45) is 5.92 Å². The Balaban J connectivity index is 1.49. The molecule has 7 heteroatoms.